The maximum absolute atomic E-state index is 2.44. The highest BCUT2D eigenvalue weighted by molar-refractivity contribution is 7.27. The molecule has 0 spiro atoms. The average molecular weight is 663 g/mol. The summed E-state index contributed by atoms with van der Waals surface area (Å²) >= 11 is 1.93. The van der Waals surface area contributed by atoms with Crippen LogP contribution in [0.25, 0.3) is 107 Å². The molecule has 1 heteroatoms. The normalized spacial score (nSPS) is 11.9. The van der Waals surface area contributed by atoms with Gasteiger partial charge in [0.2, 0.25) is 0 Å². The standard InChI is InChI=1S/C50H30S/c1-2-14-35-31(12-1)13-11-23-36(35)32-24-26-33(27-25-32)47-40-18-6-8-20-42(40)48(43-21-9-7-19-41(43)47)34-28-29-45-46(30-34)51-50-44-22-10-4-16-38(44)37-15-3-5-17-39(37)49(45)50/h1-30H. The van der Waals surface area contributed by atoms with Gasteiger partial charge in [-0.1, -0.05) is 176 Å². The molecule has 0 fully saturated rings. The first-order valence-electron chi connectivity index (χ1n) is 17.6. The molecule has 10 aromatic carbocycles. The monoisotopic (exact) mass is 662 g/mol. The molecular weight excluding hydrogens is 633 g/mol. The van der Waals surface area contributed by atoms with Gasteiger partial charge < -0.3 is 0 Å². The van der Waals surface area contributed by atoms with Crippen molar-refractivity contribution < 1.29 is 0 Å². The zero-order valence-electron chi connectivity index (χ0n) is 27.7. The van der Waals surface area contributed by atoms with E-state index in [1.165, 1.54) is 107 Å². The van der Waals surface area contributed by atoms with Gasteiger partial charge in [-0.25, -0.2) is 0 Å². The van der Waals surface area contributed by atoms with E-state index in [0.717, 1.165) is 0 Å². The Morgan fingerprint density at radius 3 is 1.43 bits per heavy atom. The molecule has 0 amide bonds. The third-order valence-electron chi connectivity index (χ3n) is 10.8. The Balaban J connectivity index is 1.13. The van der Waals surface area contributed by atoms with E-state index >= 15 is 0 Å². The van der Waals surface area contributed by atoms with E-state index in [4.69, 9.17) is 0 Å². The van der Waals surface area contributed by atoms with Crippen LogP contribution in [0.15, 0.2) is 182 Å². The van der Waals surface area contributed by atoms with Crippen LogP contribution < -0.4 is 0 Å². The number of hydrogen-bond donors (Lipinski definition) is 0. The smallest absolute Gasteiger partial charge is 0.0440 e. The highest BCUT2D eigenvalue weighted by atomic mass is 32.1. The lowest BCUT2D eigenvalue weighted by molar-refractivity contribution is 1.63. The Kier molecular flexibility index (Phi) is 6.22. The predicted molar refractivity (Wildman–Crippen MR) is 223 cm³/mol. The molecule has 51 heavy (non-hydrogen) atoms. The van der Waals surface area contributed by atoms with E-state index < -0.39 is 0 Å². The second-order valence-electron chi connectivity index (χ2n) is 13.6. The van der Waals surface area contributed by atoms with E-state index in [-0.39, 0.29) is 0 Å². The largest absolute Gasteiger partial charge is 0.134 e. The lowest BCUT2D eigenvalue weighted by Gasteiger charge is -2.18. The summed E-state index contributed by atoms with van der Waals surface area (Å²) in [6.07, 6.45) is 0. The molecule has 1 aromatic heterocycles. The van der Waals surface area contributed by atoms with Crippen LogP contribution in [-0.2, 0) is 0 Å². The highest BCUT2D eigenvalue weighted by Crippen LogP contribution is 2.48. The van der Waals surface area contributed by atoms with E-state index in [0.29, 0.717) is 0 Å². The quantitative estimate of drug-likeness (QED) is 0.130. The van der Waals surface area contributed by atoms with Crippen LogP contribution in [0.3, 0.4) is 0 Å². The van der Waals surface area contributed by atoms with E-state index in [1.807, 2.05) is 11.3 Å². The van der Waals surface area contributed by atoms with Crippen LogP contribution in [0, 0.1) is 0 Å². The molecule has 0 unspecified atom stereocenters. The van der Waals surface area contributed by atoms with Crippen LogP contribution in [0.4, 0.5) is 0 Å². The van der Waals surface area contributed by atoms with Crippen LogP contribution >= 0.6 is 11.3 Å². The molecule has 1 heterocycles. The number of benzene rings is 10. The molecule has 0 radical (unpaired) electrons. The van der Waals surface area contributed by atoms with Crippen molar-refractivity contribution in [3.63, 3.8) is 0 Å². The predicted octanol–water partition coefficient (Wildman–Crippen LogP) is 14.8. The molecule has 0 bridgehead atoms. The molecule has 0 saturated carbocycles. The summed E-state index contributed by atoms with van der Waals surface area (Å²) in [7, 11) is 0. The minimum atomic E-state index is 1.23. The molecule has 0 aliphatic heterocycles. The lowest BCUT2D eigenvalue weighted by atomic mass is 9.85. The second kappa shape index (κ2) is 11.1. The topological polar surface area (TPSA) is 0 Å². The van der Waals surface area contributed by atoms with Crippen molar-refractivity contribution >= 4 is 85.4 Å². The van der Waals surface area contributed by atoms with Gasteiger partial charge in [-0.05, 0) is 87.9 Å². The van der Waals surface area contributed by atoms with E-state index in [9.17, 15) is 0 Å². The zero-order chi connectivity index (χ0) is 33.5. The van der Waals surface area contributed by atoms with Crippen LogP contribution in [0.5, 0.6) is 0 Å². The van der Waals surface area contributed by atoms with Gasteiger partial charge in [0, 0.05) is 25.6 Å². The van der Waals surface area contributed by atoms with Crippen molar-refractivity contribution in [2.45, 2.75) is 0 Å². The van der Waals surface area contributed by atoms with Gasteiger partial charge in [0.15, 0.2) is 0 Å². The SMILES string of the molecule is c1ccc2c(-c3ccc(-c4c5ccccc5c(-c5ccc6c(c5)sc5c7ccccc7c7ccccc7c65)c5ccccc45)cc3)cccc2c1. The van der Waals surface area contributed by atoms with Crippen molar-refractivity contribution in [1.82, 2.24) is 0 Å². The summed E-state index contributed by atoms with van der Waals surface area (Å²) in [5.74, 6) is 0. The summed E-state index contributed by atoms with van der Waals surface area (Å²) in [4.78, 5) is 0. The van der Waals surface area contributed by atoms with Crippen LogP contribution in [0.1, 0.15) is 0 Å². The highest BCUT2D eigenvalue weighted by Gasteiger charge is 2.19. The number of rotatable bonds is 3. The Morgan fingerprint density at radius 1 is 0.294 bits per heavy atom. The van der Waals surface area contributed by atoms with Crippen molar-refractivity contribution in [2.24, 2.45) is 0 Å². The minimum Gasteiger partial charge on any atom is -0.134 e. The lowest BCUT2D eigenvalue weighted by Crippen LogP contribution is -1.91. The van der Waals surface area contributed by atoms with Gasteiger partial charge in [0.1, 0.15) is 0 Å². The number of fused-ring (bicyclic) bond motifs is 11. The maximum atomic E-state index is 2.44. The van der Waals surface area contributed by atoms with Crippen molar-refractivity contribution in [1.29, 1.82) is 0 Å². The summed E-state index contributed by atoms with van der Waals surface area (Å²) in [6, 6.07) is 67.3. The fraction of sp³-hybridized carbons (Fsp3) is 0. The molecule has 0 atom stereocenters. The Bertz CT molecular complexity index is 3120. The van der Waals surface area contributed by atoms with E-state index in [1.54, 1.807) is 0 Å². The number of hydrogen-bond acceptors (Lipinski definition) is 1. The molecule has 0 aliphatic carbocycles. The first-order valence-corrected chi connectivity index (χ1v) is 18.4. The molecule has 0 aliphatic rings. The molecule has 236 valence electrons. The third-order valence-corrected chi connectivity index (χ3v) is 12.0. The van der Waals surface area contributed by atoms with Crippen molar-refractivity contribution in [3.8, 4) is 33.4 Å². The zero-order valence-corrected chi connectivity index (χ0v) is 28.5. The molecule has 0 saturated heterocycles. The van der Waals surface area contributed by atoms with Gasteiger partial charge in [-0.15, -0.1) is 11.3 Å². The molecule has 11 rings (SSSR count). The summed E-state index contributed by atoms with van der Waals surface area (Å²) in [5.41, 5.74) is 7.58. The van der Waals surface area contributed by atoms with Gasteiger partial charge in [0.05, 0.1) is 0 Å². The second-order valence-corrected chi connectivity index (χ2v) is 14.6. The van der Waals surface area contributed by atoms with Gasteiger partial charge in [0.25, 0.3) is 0 Å². The Labute approximate surface area is 299 Å². The number of thiophene rings is 1. The Hall–Kier alpha value is -6.28. The first kappa shape index (κ1) is 28.5. The average Bonchev–Trinajstić information content (AvgIpc) is 3.59. The van der Waals surface area contributed by atoms with Crippen molar-refractivity contribution in [3.05, 3.63) is 182 Å². The minimum absolute atomic E-state index is 1.23. The molecule has 0 nitrogen and oxygen atoms in total. The maximum Gasteiger partial charge on any atom is 0.0440 e. The summed E-state index contributed by atoms with van der Waals surface area (Å²) in [6.45, 7) is 0. The van der Waals surface area contributed by atoms with Crippen LogP contribution in [0.2, 0.25) is 0 Å². The molecular formula is C50H30S. The fourth-order valence-corrected chi connectivity index (χ4v) is 9.90. The summed E-state index contributed by atoms with van der Waals surface area (Å²) in [5, 5.41) is 15.7. The van der Waals surface area contributed by atoms with Gasteiger partial charge in [-0.2, -0.15) is 0 Å². The summed E-state index contributed by atoms with van der Waals surface area (Å²) < 4.78 is 2.69. The molecule has 11 aromatic rings. The van der Waals surface area contributed by atoms with Gasteiger partial charge in [-0.3, -0.25) is 0 Å². The molecule has 0 N–H and O–H groups in total. The Morgan fingerprint density at radius 2 is 0.765 bits per heavy atom. The van der Waals surface area contributed by atoms with Crippen molar-refractivity contribution in [2.75, 3.05) is 0 Å². The van der Waals surface area contributed by atoms with Gasteiger partial charge >= 0.3 is 0 Å². The van der Waals surface area contributed by atoms with E-state index in [2.05, 4.69) is 182 Å². The fourth-order valence-electron chi connectivity index (χ4n) is 8.61. The first-order chi connectivity index (χ1) is 25.3. The third kappa shape index (κ3) is 4.26. The van der Waals surface area contributed by atoms with Crippen LogP contribution in [-0.4, -0.2) is 0 Å².